The second-order valence-corrected chi connectivity index (χ2v) is 5.90. The van der Waals surface area contributed by atoms with Crippen molar-refractivity contribution < 1.29 is 9.26 Å². The lowest BCUT2D eigenvalue weighted by Crippen LogP contribution is -2.41. The molecular formula is C16H28N4O2. The van der Waals surface area contributed by atoms with E-state index in [0.717, 1.165) is 63.1 Å². The molecule has 0 bridgehead atoms. The summed E-state index contributed by atoms with van der Waals surface area (Å²) in [5.74, 6) is 2.46. The van der Waals surface area contributed by atoms with E-state index >= 15 is 0 Å². The lowest BCUT2D eigenvalue weighted by molar-refractivity contribution is 0.181. The van der Waals surface area contributed by atoms with Crippen LogP contribution in [0, 0.1) is 19.8 Å². The molecule has 1 atom stereocenters. The van der Waals surface area contributed by atoms with Crippen LogP contribution in [0.5, 0.6) is 0 Å². The third-order valence-corrected chi connectivity index (χ3v) is 4.06. The van der Waals surface area contributed by atoms with Gasteiger partial charge in [-0.15, -0.1) is 0 Å². The molecule has 1 aliphatic heterocycles. The molecule has 124 valence electrons. The monoisotopic (exact) mass is 308 g/mol. The highest BCUT2D eigenvalue weighted by Gasteiger charge is 2.19. The van der Waals surface area contributed by atoms with Gasteiger partial charge in [0, 0.05) is 44.8 Å². The number of aliphatic imine (C=N–C) groups is 1. The van der Waals surface area contributed by atoms with E-state index < -0.39 is 0 Å². The van der Waals surface area contributed by atoms with E-state index in [1.165, 1.54) is 5.56 Å². The summed E-state index contributed by atoms with van der Waals surface area (Å²) in [5.41, 5.74) is 2.14. The number of ether oxygens (including phenoxy) is 1. The summed E-state index contributed by atoms with van der Waals surface area (Å²) in [6.07, 6.45) is 2.00. The van der Waals surface area contributed by atoms with Gasteiger partial charge in [-0.2, -0.15) is 0 Å². The number of hydrogen-bond acceptors (Lipinski definition) is 4. The summed E-state index contributed by atoms with van der Waals surface area (Å²) < 4.78 is 10.6. The van der Waals surface area contributed by atoms with Gasteiger partial charge in [0.15, 0.2) is 5.96 Å². The first-order chi connectivity index (χ1) is 10.6. The van der Waals surface area contributed by atoms with Crippen LogP contribution in [0.15, 0.2) is 9.52 Å². The van der Waals surface area contributed by atoms with E-state index in [-0.39, 0.29) is 0 Å². The molecule has 0 amide bonds. The summed E-state index contributed by atoms with van der Waals surface area (Å²) >= 11 is 0. The predicted octanol–water partition coefficient (Wildman–Crippen LogP) is 1.77. The molecule has 1 aliphatic rings. The first-order valence-corrected chi connectivity index (χ1v) is 8.10. The quantitative estimate of drug-likeness (QED) is 0.641. The highest BCUT2D eigenvalue weighted by molar-refractivity contribution is 5.79. The maximum atomic E-state index is 5.45. The van der Waals surface area contributed by atoms with Crippen molar-refractivity contribution in [3.05, 3.63) is 17.0 Å². The standard InChI is InChI=1S/C16H28N4O2/c1-5-17-16(20(4)10-14-7-9-21-11-14)18-8-6-15-12(2)19-22-13(15)3/h14H,5-11H2,1-4H3,(H,17,18). The van der Waals surface area contributed by atoms with Crippen LogP contribution < -0.4 is 5.32 Å². The second kappa shape index (κ2) is 8.17. The fraction of sp³-hybridized carbons (Fsp3) is 0.750. The van der Waals surface area contributed by atoms with Gasteiger partial charge >= 0.3 is 0 Å². The number of aromatic nitrogens is 1. The van der Waals surface area contributed by atoms with Crippen molar-refractivity contribution in [3.8, 4) is 0 Å². The van der Waals surface area contributed by atoms with Gasteiger partial charge in [-0.3, -0.25) is 4.99 Å². The summed E-state index contributed by atoms with van der Waals surface area (Å²) in [6, 6.07) is 0. The number of hydrogen-bond donors (Lipinski definition) is 1. The molecule has 0 aromatic carbocycles. The molecule has 0 radical (unpaired) electrons. The van der Waals surface area contributed by atoms with Crippen molar-refractivity contribution in [2.24, 2.45) is 10.9 Å². The van der Waals surface area contributed by atoms with Crippen LogP contribution in [-0.2, 0) is 11.2 Å². The maximum absolute atomic E-state index is 5.45. The summed E-state index contributed by atoms with van der Waals surface area (Å²) in [6.45, 7) is 10.4. The van der Waals surface area contributed by atoms with Crippen LogP contribution in [0.25, 0.3) is 0 Å². The molecule has 6 heteroatoms. The predicted molar refractivity (Wildman–Crippen MR) is 87.2 cm³/mol. The largest absolute Gasteiger partial charge is 0.381 e. The Morgan fingerprint density at radius 2 is 2.27 bits per heavy atom. The summed E-state index contributed by atoms with van der Waals surface area (Å²) in [5, 5.41) is 7.35. The van der Waals surface area contributed by atoms with Gasteiger partial charge in [0.25, 0.3) is 0 Å². The Kier molecular flexibility index (Phi) is 6.24. The third-order valence-electron chi connectivity index (χ3n) is 4.06. The molecule has 0 spiro atoms. The molecular weight excluding hydrogens is 280 g/mol. The van der Waals surface area contributed by atoms with Gasteiger partial charge in [0.05, 0.1) is 12.3 Å². The fourth-order valence-corrected chi connectivity index (χ4v) is 2.80. The van der Waals surface area contributed by atoms with Gasteiger partial charge in [0.2, 0.25) is 0 Å². The van der Waals surface area contributed by atoms with E-state index in [2.05, 4.69) is 29.3 Å². The topological polar surface area (TPSA) is 62.9 Å². The van der Waals surface area contributed by atoms with Gasteiger partial charge in [-0.05, 0) is 33.6 Å². The van der Waals surface area contributed by atoms with Crippen molar-refractivity contribution in [1.82, 2.24) is 15.4 Å². The molecule has 2 rings (SSSR count). The molecule has 1 saturated heterocycles. The average molecular weight is 308 g/mol. The number of nitrogens with zero attached hydrogens (tertiary/aromatic N) is 3. The molecule has 1 aromatic rings. The van der Waals surface area contributed by atoms with E-state index in [1.54, 1.807) is 0 Å². The Hall–Kier alpha value is -1.56. The zero-order chi connectivity index (χ0) is 15.9. The third kappa shape index (κ3) is 4.47. The highest BCUT2D eigenvalue weighted by atomic mass is 16.5. The molecule has 22 heavy (non-hydrogen) atoms. The molecule has 1 unspecified atom stereocenters. The summed E-state index contributed by atoms with van der Waals surface area (Å²) in [7, 11) is 2.09. The number of rotatable bonds is 6. The minimum atomic E-state index is 0.608. The Bertz CT molecular complexity index is 473. The zero-order valence-corrected chi connectivity index (χ0v) is 14.2. The van der Waals surface area contributed by atoms with Gasteiger partial charge in [-0.25, -0.2) is 0 Å². The van der Waals surface area contributed by atoms with E-state index in [4.69, 9.17) is 14.3 Å². The average Bonchev–Trinajstić information content (AvgIpc) is 3.10. The Morgan fingerprint density at radius 1 is 1.45 bits per heavy atom. The number of guanidine groups is 1. The molecule has 2 heterocycles. The fourth-order valence-electron chi connectivity index (χ4n) is 2.80. The Morgan fingerprint density at radius 3 is 2.86 bits per heavy atom. The zero-order valence-electron chi connectivity index (χ0n) is 14.2. The van der Waals surface area contributed by atoms with Gasteiger partial charge < -0.3 is 19.5 Å². The minimum Gasteiger partial charge on any atom is -0.381 e. The molecule has 1 N–H and O–H groups in total. The lowest BCUT2D eigenvalue weighted by atomic mass is 10.1. The van der Waals surface area contributed by atoms with Crippen molar-refractivity contribution in [3.63, 3.8) is 0 Å². The molecule has 1 fully saturated rings. The van der Waals surface area contributed by atoms with Crippen LogP contribution in [-0.4, -0.2) is 55.9 Å². The van der Waals surface area contributed by atoms with Crippen LogP contribution >= 0.6 is 0 Å². The smallest absolute Gasteiger partial charge is 0.193 e. The Balaban J connectivity index is 1.91. The molecule has 6 nitrogen and oxygen atoms in total. The number of aryl methyl sites for hydroxylation is 2. The van der Waals surface area contributed by atoms with Crippen molar-refractivity contribution in [2.75, 3.05) is 39.9 Å². The van der Waals surface area contributed by atoms with Crippen molar-refractivity contribution in [1.29, 1.82) is 0 Å². The van der Waals surface area contributed by atoms with Crippen LogP contribution in [0.3, 0.4) is 0 Å². The van der Waals surface area contributed by atoms with E-state index in [9.17, 15) is 0 Å². The first kappa shape index (κ1) is 16.8. The second-order valence-electron chi connectivity index (χ2n) is 5.90. The van der Waals surface area contributed by atoms with Crippen LogP contribution in [0.1, 0.15) is 30.4 Å². The van der Waals surface area contributed by atoms with E-state index in [0.29, 0.717) is 5.92 Å². The minimum absolute atomic E-state index is 0.608. The van der Waals surface area contributed by atoms with Gasteiger partial charge in [-0.1, -0.05) is 5.16 Å². The Labute approximate surface area is 132 Å². The molecule has 0 saturated carbocycles. The van der Waals surface area contributed by atoms with Crippen molar-refractivity contribution in [2.45, 2.75) is 33.6 Å². The lowest BCUT2D eigenvalue weighted by Gasteiger charge is -2.24. The van der Waals surface area contributed by atoms with Crippen LogP contribution in [0.4, 0.5) is 0 Å². The number of nitrogens with one attached hydrogen (secondary N) is 1. The highest BCUT2D eigenvalue weighted by Crippen LogP contribution is 2.14. The normalized spacial score (nSPS) is 18.7. The van der Waals surface area contributed by atoms with Crippen molar-refractivity contribution >= 4 is 5.96 Å². The summed E-state index contributed by atoms with van der Waals surface area (Å²) in [4.78, 5) is 6.94. The van der Waals surface area contributed by atoms with E-state index in [1.807, 2.05) is 13.8 Å². The SMILES string of the molecule is CCNC(=NCCc1c(C)noc1C)N(C)CC1CCOC1. The maximum Gasteiger partial charge on any atom is 0.193 e. The molecule has 0 aliphatic carbocycles. The molecule has 1 aromatic heterocycles. The first-order valence-electron chi connectivity index (χ1n) is 8.10. The van der Waals surface area contributed by atoms with Gasteiger partial charge in [0.1, 0.15) is 5.76 Å². The van der Waals surface area contributed by atoms with Crippen LogP contribution in [0.2, 0.25) is 0 Å².